The summed E-state index contributed by atoms with van der Waals surface area (Å²) >= 11 is 1.73. The van der Waals surface area contributed by atoms with Crippen LogP contribution in [0.15, 0.2) is 29.7 Å². The van der Waals surface area contributed by atoms with Crippen LogP contribution >= 0.6 is 11.8 Å². The number of aromatic nitrogens is 4. The molecule has 2 aromatic rings. The lowest BCUT2D eigenvalue weighted by atomic mass is 9.95. The van der Waals surface area contributed by atoms with E-state index in [1.54, 1.807) is 34.9 Å². The number of nitrogens with one attached hydrogen (secondary N) is 1. The predicted molar refractivity (Wildman–Crippen MR) is 93.5 cm³/mol. The van der Waals surface area contributed by atoms with Gasteiger partial charge in [0.1, 0.15) is 12.4 Å². The lowest BCUT2D eigenvalue weighted by molar-refractivity contribution is -0.122. The fourth-order valence-corrected chi connectivity index (χ4v) is 3.97. The highest BCUT2D eigenvalue weighted by Crippen LogP contribution is 2.31. The summed E-state index contributed by atoms with van der Waals surface area (Å²) in [7, 11) is 0. The van der Waals surface area contributed by atoms with E-state index in [1.165, 1.54) is 0 Å². The molecule has 1 aliphatic rings. The summed E-state index contributed by atoms with van der Waals surface area (Å²) in [6.45, 7) is 2.03. The molecule has 24 heavy (non-hydrogen) atoms. The minimum Gasteiger partial charge on any atom is -0.384 e. The molecule has 0 spiro atoms. The quantitative estimate of drug-likeness (QED) is 0.801. The van der Waals surface area contributed by atoms with Gasteiger partial charge in [-0.2, -0.15) is 5.10 Å². The monoisotopic (exact) mass is 346 g/mol. The van der Waals surface area contributed by atoms with E-state index in [1.807, 2.05) is 13.0 Å². The summed E-state index contributed by atoms with van der Waals surface area (Å²) in [5, 5.41) is 8.65. The van der Waals surface area contributed by atoms with Crippen LogP contribution in [-0.2, 0) is 11.3 Å². The molecule has 8 heteroatoms. The van der Waals surface area contributed by atoms with Crippen molar-refractivity contribution in [2.45, 2.75) is 55.6 Å². The standard InChI is InChI=1S/C16H22N6OS/c1-11-9-14(17)22(21-11)10-15(23)20-12-3-5-13(6-4-12)24-16-18-7-2-8-19-16/h2,7-9,12-13H,3-6,10,17H2,1H3,(H,20,23). The van der Waals surface area contributed by atoms with Crippen LogP contribution in [0.2, 0.25) is 0 Å². The second-order valence-electron chi connectivity index (χ2n) is 6.06. The zero-order valence-electron chi connectivity index (χ0n) is 13.7. The molecule has 128 valence electrons. The molecule has 0 unspecified atom stereocenters. The molecule has 0 aromatic carbocycles. The van der Waals surface area contributed by atoms with E-state index in [2.05, 4.69) is 20.4 Å². The average Bonchev–Trinajstić information content (AvgIpc) is 2.87. The zero-order chi connectivity index (χ0) is 16.9. The molecule has 1 amide bonds. The van der Waals surface area contributed by atoms with Gasteiger partial charge in [0.15, 0.2) is 5.16 Å². The first kappa shape index (κ1) is 16.8. The Morgan fingerprint density at radius 3 is 2.67 bits per heavy atom. The van der Waals surface area contributed by atoms with Gasteiger partial charge < -0.3 is 11.1 Å². The number of carbonyl (C=O) groups excluding carboxylic acids is 1. The summed E-state index contributed by atoms with van der Waals surface area (Å²) < 4.78 is 1.54. The number of nitrogens with zero attached hydrogens (tertiary/aromatic N) is 4. The SMILES string of the molecule is Cc1cc(N)n(CC(=O)NC2CCC(Sc3ncccn3)CC2)n1. The second-order valence-corrected chi connectivity index (χ2v) is 7.33. The summed E-state index contributed by atoms with van der Waals surface area (Å²) in [5.74, 6) is 0.484. The van der Waals surface area contributed by atoms with Crippen LogP contribution in [-0.4, -0.2) is 36.9 Å². The molecule has 0 bridgehead atoms. The van der Waals surface area contributed by atoms with Crippen molar-refractivity contribution >= 4 is 23.5 Å². The maximum Gasteiger partial charge on any atom is 0.242 e. The van der Waals surface area contributed by atoms with Gasteiger partial charge in [-0.3, -0.25) is 4.79 Å². The molecule has 1 saturated carbocycles. The molecule has 3 rings (SSSR count). The first-order valence-corrected chi connectivity index (χ1v) is 9.01. The summed E-state index contributed by atoms with van der Waals surface area (Å²) in [4.78, 5) is 20.7. The van der Waals surface area contributed by atoms with Gasteiger partial charge in [-0.1, -0.05) is 11.8 Å². The number of nitrogens with two attached hydrogens (primary N) is 1. The molecule has 0 atom stereocenters. The van der Waals surface area contributed by atoms with Gasteiger partial charge in [0.2, 0.25) is 5.91 Å². The maximum atomic E-state index is 12.2. The molecule has 0 saturated heterocycles. The van der Waals surface area contributed by atoms with Gasteiger partial charge in [-0.15, -0.1) is 0 Å². The number of thioether (sulfide) groups is 1. The van der Waals surface area contributed by atoms with Crippen molar-refractivity contribution in [1.82, 2.24) is 25.1 Å². The highest BCUT2D eigenvalue weighted by molar-refractivity contribution is 7.99. The van der Waals surface area contributed by atoms with Gasteiger partial charge in [-0.25, -0.2) is 14.6 Å². The first-order chi connectivity index (χ1) is 11.6. The fraction of sp³-hybridized carbons (Fsp3) is 0.500. The topological polar surface area (TPSA) is 98.7 Å². The molecule has 3 N–H and O–H groups in total. The lowest BCUT2D eigenvalue weighted by Crippen LogP contribution is -2.40. The van der Waals surface area contributed by atoms with E-state index in [9.17, 15) is 4.79 Å². The second kappa shape index (κ2) is 7.65. The predicted octanol–water partition coefficient (Wildman–Crippen LogP) is 1.78. The number of aryl methyl sites for hydroxylation is 1. The Kier molecular flexibility index (Phi) is 5.34. The highest BCUT2D eigenvalue weighted by Gasteiger charge is 2.24. The minimum absolute atomic E-state index is 0.0349. The lowest BCUT2D eigenvalue weighted by Gasteiger charge is -2.28. The van der Waals surface area contributed by atoms with Gasteiger partial charge in [0.25, 0.3) is 0 Å². The first-order valence-electron chi connectivity index (χ1n) is 8.13. The van der Waals surface area contributed by atoms with E-state index >= 15 is 0 Å². The molecule has 1 fully saturated rings. The van der Waals surface area contributed by atoms with Crippen molar-refractivity contribution in [2.75, 3.05) is 5.73 Å². The number of carbonyl (C=O) groups is 1. The van der Waals surface area contributed by atoms with Crippen molar-refractivity contribution in [2.24, 2.45) is 0 Å². The Morgan fingerprint density at radius 2 is 2.04 bits per heavy atom. The highest BCUT2D eigenvalue weighted by atomic mass is 32.2. The molecular formula is C16H22N6OS. The molecule has 2 heterocycles. The van der Waals surface area contributed by atoms with Crippen molar-refractivity contribution in [3.63, 3.8) is 0 Å². The molecule has 0 radical (unpaired) electrons. The van der Waals surface area contributed by atoms with Gasteiger partial charge in [-0.05, 0) is 38.7 Å². The van der Waals surface area contributed by atoms with E-state index in [-0.39, 0.29) is 18.5 Å². The average molecular weight is 346 g/mol. The Balaban J connectivity index is 1.43. The third kappa shape index (κ3) is 4.47. The molecule has 1 aliphatic carbocycles. The van der Waals surface area contributed by atoms with Crippen LogP contribution in [0.4, 0.5) is 5.82 Å². The van der Waals surface area contributed by atoms with Gasteiger partial charge in [0.05, 0.1) is 5.69 Å². The van der Waals surface area contributed by atoms with E-state index < -0.39 is 0 Å². The molecule has 2 aromatic heterocycles. The van der Waals surface area contributed by atoms with Crippen LogP contribution < -0.4 is 11.1 Å². The number of hydrogen-bond donors (Lipinski definition) is 2. The smallest absolute Gasteiger partial charge is 0.242 e. The number of amides is 1. The van der Waals surface area contributed by atoms with E-state index in [4.69, 9.17) is 5.73 Å². The van der Waals surface area contributed by atoms with Crippen LogP contribution in [0.25, 0.3) is 0 Å². The van der Waals surface area contributed by atoms with E-state index in [0.717, 1.165) is 36.5 Å². The Morgan fingerprint density at radius 1 is 1.33 bits per heavy atom. The maximum absolute atomic E-state index is 12.2. The third-order valence-corrected chi connectivity index (χ3v) is 5.31. The zero-order valence-corrected chi connectivity index (χ0v) is 14.5. The fourth-order valence-electron chi connectivity index (χ4n) is 2.92. The van der Waals surface area contributed by atoms with Gasteiger partial charge >= 0.3 is 0 Å². The number of anilines is 1. The van der Waals surface area contributed by atoms with Crippen LogP contribution in [0.3, 0.4) is 0 Å². The largest absolute Gasteiger partial charge is 0.384 e. The van der Waals surface area contributed by atoms with Crippen molar-refractivity contribution < 1.29 is 4.79 Å². The normalized spacial score (nSPS) is 20.7. The van der Waals surface area contributed by atoms with Crippen LogP contribution in [0.1, 0.15) is 31.4 Å². The number of rotatable bonds is 5. The van der Waals surface area contributed by atoms with Crippen LogP contribution in [0.5, 0.6) is 0 Å². The molecule has 0 aliphatic heterocycles. The molecular weight excluding hydrogens is 324 g/mol. The number of nitrogen functional groups attached to an aromatic ring is 1. The summed E-state index contributed by atoms with van der Waals surface area (Å²) in [6, 6.07) is 3.81. The van der Waals surface area contributed by atoms with Crippen molar-refractivity contribution in [3.8, 4) is 0 Å². The van der Waals surface area contributed by atoms with Crippen LogP contribution in [0, 0.1) is 6.92 Å². The Hall–Kier alpha value is -2.09. The van der Waals surface area contributed by atoms with E-state index in [0.29, 0.717) is 11.1 Å². The van der Waals surface area contributed by atoms with Crippen molar-refractivity contribution in [1.29, 1.82) is 0 Å². The summed E-state index contributed by atoms with van der Waals surface area (Å²) in [6.07, 6.45) is 7.59. The Bertz CT molecular complexity index is 681. The number of hydrogen-bond acceptors (Lipinski definition) is 6. The third-order valence-electron chi connectivity index (χ3n) is 4.08. The van der Waals surface area contributed by atoms with Crippen molar-refractivity contribution in [3.05, 3.63) is 30.2 Å². The minimum atomic E-state index is -0.0349. The van der Waals surface area contributed by atoms with Gasteiger partial charge in [0, 0.05) is 29.8 Å². The summed E-state index contributed by atoms with van der Waals surface area (Å²) in [5.41, 5.74) is 6.64. The molecule has 7 nitrogen and oxygen atoms in total. The Labute approximate surface area is 145 Å².